The molecule has 2 nitrogen and oxygen atoms in total. The van der Waals surface area contributed by atoms with Crippen LogP contribution in [-0.2, 0) is 0 Å². The molecule has 1 aromatic carbocycles. The quantitative estimate of drug-likeness (QED) is 0.686. The smallest absolute Gasteiger partial charge is 0.123 e. The summed E-state index contributed by atoms with van der Waals surface area (Å²) in [6.45, 7) is 3.90. The maximum Gasteiger partial charge on any atom is 0.123 e. The Kier molecular flexibility index (Phi) is 4.83. The Bertz CT molecular complexity index is 370. The molecule has 0 saturated carbocycles. The number of hydrogen-bond donors (Lipinski definition) is 0. The molecule has 1 unspecified atom stereocenters. The highest BCUT2D eigenvalue weighted by Gasteiger charge is 2.09. The van der Waals surface area contributed by atoms with E-state index < -0.39 is 0 Å². The molecule has 0 heterocycles. The molecule has 1 atom stereocenters. The molecule has 0 saturated heterocycles. The third-order valence-corrected chi connectivity index (χ3v) is 2.48. The van der Waals surface area contributed by atoms with Gasteiger partial charge in [0.1, 0.15) is 11.9 Å². The van der Waals surface area contributed by atoms with Crippen molar-refractivity contribution >= 4 is 6.08 Å². The van der Waals surface area contributed by atoms with Gasteiger partial charge in [-0.05, 0) is 36.6 Å². The van der Waals surface area contributed by atoms with Crippen molar-refractivity contribution < 1.29 is 4.39 Å². The van der Waals surface area contributed by atoms with Crippen molar-refractivity contribution in [1.82, 2.24) is 0 Å². The van der Waals surface area contributed by atoms with Gasteiger partial charge in [-0.3, -0.25) is 0 Å². The van der Waals surface area contributed by atoms with E-state index in [0.717, 1.165) is 24.0 Å². The molecule has 0 amide bonds. The Morgan fingerprint density at radius 3 is 2.56 bits per heavy atom. The van der Waals surface area contributed by atoms with Crippen LogP contribution < -0.4 is 0 Å². The average molecular weight is 221 g/mol. The van der Waals surface area contributed by atoms with E-state index in [1.54, 1.807) is 12.1 Å². The van der Waals surface area contributed by atoms with Gasteiger partial charge >= 0.3 is 0 Å². The van der Waals surface area contributed by atoms with Gasteiger partial charge < -0.3 is 0 Å². The summed E-state index contributed by atoms with van der Waals surface area (Å²) in [5.41, 5.74) is 1.81. The van der Waals surface area contributed by atoms with Gasteiger partial charge in [0, 0.05) is 0 Å². The predicted octanol–water partition coefficient (Wildman–Crippen LogP) is 4.16. The first-order chi connectivity index (χ1) is 7.67. The Morgan fingerprint density at radius 1 is 1.44 bits per heavy atom. The Balaban J connectivity index is 2.82. The Labute approximate surface area is 95.2 Å². The van der Waals surface area contributed by atoms with Gasteiger partial charge in [-0.2, -0.15) is 4.91 Å². The largest absolute Gasteiger partial charge is 0.207 e. The van der Waals surface area contributed by atoms with Crippen LogP contribution in [0.15, 0.2) is 35.0 Å². The zero-order valence-electron chi connectivity index (χ0n) is 9.61. The van der Waals surface area contributed by atoms with Crippen molar-refractivity contribution in [3.05, 3.63) is 46.1 Å². The molecule has 0 aliphatic heterocycles. The van der Waals surface area contributed by atoms with Gasteiger partial charge in [0.15, 0.2) is 0 Å². The molecule has 16 heavy (non-hydrogen) atoms. The molecular formula is C13H16FNO. The van der Waals surface area contributed by atoms with Crippen molar-refractivity contribution in [2.45, 2.75) is 32.7 Å². The van der Waals surface area contributed by atoms with Crippen LogP contribution in [0.1, 0.15) is 32.3 Å². The second-order valence-electron chi connectivity index (χ2n) is 3.85. The fraction of sp³-hybridized carbons (Fsp3) is 0.385. The summed E-state index contributed by atoms with van der Waals surface area (Å²) in [4.78, 5) is 10.6. The highest BCUT2D eigenvalue weighted by Crippen LogP contribution is 2.16. The molecule has 0 N–H and O–H groups in total. The molecule has 0 aromatic heterocycles. The van der Waals surface area contributed by atoms with E-state index in [2.05, 4.69) is 5.18 Å². The van der Waals surface area contributed by atoms with Gasteiger partial charge in [0.2, 0.25) is 0 Å². The van der Waals surface area contributed by atoms with E-state index >= 15 is 0 Å². The third kappa shape index (κ3) is 3.57. The Hall–Kier alpha value is -1.51. The second-order valence-corrected chi connectivity index (χ2v) is 3.85. The van der Waals surface area contributed by atoms with E-state index in [1.807, 2.05) is 19.9 Å². The first kappa shape index (κ1) is 12.6. The second kappa shape index (κ2) is 6.16. The molecule has 0 bridgehead atoms. The van der Waals surface area contributed by atoms with Crippen LogP contribution in [0.2, 0.25) is 0 Å². The monoisotopic (exact) mass is 221 g/mol. The predicted molar refractivity (Wildman–Crippen MR) is 64.5 cm³/mol. The van der Waals surface area contributed by atoms with Gasteiger partial charge in [0.25, 0.3) is 0 Å². The van der Waals surface area contributed by atoms with Crippen LogP contribution in [0, 0.1) is 10.7 Å². The lowest BCUT2D eigenvalue weighted by Gasteiger charge is -2.07. The summed E-state index contributed by atoms with van der Waals surface area (Å²) in [6.07, 6.45) is 3.55. The van der Waals surface area contributed by atoms with E-state index in [0.29, 0.717) is 0 Å². The lowest BCUT2D eigenvalue weighted by molar-refractivity contribution is 0.627. The zero-order chi connectivity index (χ0) is 12.0. The van der Waals surface area contributed by atoms with Crippen molar-refractivity contribution in [2.75, 3.05) is 0 Å². The fourth-order valence-corrected chi connectivity index (χ4v) is 1.56. The summed E-state index contributed by atoms with van der Waals surface area (Å²) < 4.78 is 12.7. The maximum absolute atomic E-state index is 12.7. The molecule has 1 rings (SSSR count). The normalized spacial score (nSPS) is 13.6. The number of nitrogens with zero attached hydrogens (tertiary/aromatic N) is 1. The summed E-state index contributed by atoms with van der Waals surface area (Å²) in [5.74, 6) is -0.256. The minimum atomic E-state index is -0.268. The van der Waals surface area contributed by atoms with E-state index in [4.69, 9.17) is 0 Å². The minimum absolute atomic E-state index is 0.256. The number of hydrogen-bond acceptors (Lipinski definition) is 2. The molecule has 1 aromatic rings. The van der Waals surface area contributed by atoms with E-state index in [1.165, 1.54) is 12.1 Å². The van der Waals surface area contributed by atoms with Crippen molar-refractivity contribution in [3.63, 3.8) is 0 Å². The number of halogens is 1. The molecule has 0 radical (unpaired) electrons. The van der Waals surface area contributed by atoms with Crippen LogP contribution >= 0.6 is 0 Å². The molecule has 0 fully saturated rings. The molecule has 0 aliphatic carbocycles. The zero-order valence-corrected chi connectivity index (χ0v) is 9.61. The molecule has 86 valence electrons. The van der Waals surface area contributed by atoms with Gasteiger partial charge in [-0.25, -0.2) is 4.39 Å². The number of rotatable bonds is 5. The lowest BCUT2D eigenvalue weighted by Crippen LogP contribution is -2.04. The van der Waals surface area contributed by atoms with Crippen LogP contribution in [-0.4, -0.2) is 6.04 Å². The van der Waals surface area contributed by atoms with Gasteiger partial charge in [-0.15, -0.1) is 0 Å². The highest BCUT2D eigenvalue weighted by atomic mass is 19.1. The topological polar surface area (TPSA) is 29.4 Å². The molecule has 0 aliphatic rings. The van der Waals surface area contributed by atoms with Crippen molar-refractivity contribution in [2.24, 2.45) is 5.18 Å². The first-order valence-electron chi connectivity index (χ1n) is 5.43. The Morgan fingerprint density at radius 2 is 2.06 bits per heavy atom. The van der Waals surface area contributed by atoms with Crippen LogP contribution in [0.3, 0.4) is 0 Å². The fourth-order valence-electron chi connectivity index (χ4n) is 1.56. The minimum Gasteiger partial charge on any atom is -0.207 e. The summed E-state index contributed by atoms with van der Waals surface area (Å²) in [7, 11) is 0. The molecular weight excluding hydrogens is 205 g/mol. The third-order valence-electron chi connectivity index (χ3n) is 2.48. The van der Waals surface area contributed by atoms with Crippen LogP contribution in [0.25, 0.3) is 6.08 Å². The molecule has 3 heteroatoms. The lowest BCUT2D eigenvalue weighted by atomic mass is 10.0. The van der Waals surface area contributed by atoms with Crippen LogP contribution in [0.5, 0.6) is 0 Å². The van der Waals surface area contributed by atoms with Crippen molar-refractivity contribution in [3.8, 4) is 0 Å². The van der Waals surface area contributed by atoms with Crippen molar-refractivity contribution in [1.29, 1.82) is 0 Å². The standard InChI is InChI=1S/C13H16FNO/c1-3-4-13(15-16)10(2)9-11-5-7-12(14)8-6-11/h5-9,13H,3-4H2,1-2H3. The van der Waals surface area contributed by atoms with E-state index in [9.17, 15) is 9.30 Å². The number of benzene rings is 1. The number of nitroso groups, excluding NO2 is 1. The average Bonchev–Trinajstić information content (AvgIpc) is 2.29. The molecule has 0 spiro atoms. The van der Waals surface area contributed by atoms with E-state index in [-0.39, 0.29) is 11.9 Å². The van der Waals surface area contributed by atoms with Gasteiger partial charge in [0.05, 0.1) is 0 Å². The summed E-state index contributed by atoms with van der Waals surface area (Å²) in [6, 6.07) is 5.92. The SMILES string of the molecule is CCCC(N=O)C(C)=Cc1ccc(F)cc1. The van der Waals surface area contributed by atoms with Crippen LogP contribution in [0.4, 0.5) is 4.39 Å². The summed E-state index contributed by atoms with van der Waals surface area (Å²) in [5, 5.41) is 3.10. The maximum atomic E-state index is 12.7. The van der Waals surface area contributed by atoms with Gasteiger partial charge in [-0.1, -0.05) is 36.7 Å². The highest BCUT2D eigenvalue weighted by molar-refractivity contribution is 5.53. The summed E-state index contributed by atoms with van der Waals surface area (Å²) >= 11 is 0. The first-order valence-corrected chi connectivity index (χ1v) is 5.43.